The van der Waals surface area contributed by atoms with Crippen molar-refractivity contribution in [1.82, 2.24) is 10.2 Å². The third kappa shape index (κ3) is 4.45. The van der Waals surface area contributed by atoms with Crippen LogP contribution in [-0.4, -0.2) is 55.8 Å². The first-order chi connectivity index (χ1) is 14.7. The molecule has 0 aliphatic carbocycles. The van der Waals surface area contributed by atoms with Crippen molar-refractivity contribution in [3.63, 3.8) is 0 Å². The van der Waals surface area contributed by atoms with Gasteiger partial charge in [0.2, 0.25) is 0 Å². The van der Waals surface area contributed by atoms with Crippen molar-refractivity contribution in [1.29, 1.82) is 0 Å². The SMILES string of the molecule is O=C(N[C@H]1C[C@@H]2CCN(C2)C1)c1ccc2c(c1)OC[C@H](COCc1ccccc1)O2. The summed E-state index contributed by atoms with van der Waals surface area (Å²) in [7, 11) is 0. The fourth-order valence-corrected chi connectivity index (χ4v) is 4.65. The van der Waals surface area contributed by atoms with E-state index in [0.717, 1.165) is 31.0 Å². The normalized spacial score (nSPS) is 26.9. The standard InChI is InChI=1S/C24H28N2O4/c27-24(25-20-10-18-8-9-26(12-18)13-20)19-6-7-22-23(11-19)29-16-21(30-22)15-28-14-17-4-2-1-3-5-17/h1-7,11,18,20-21H,8-10,12-16H2,(H,25,27)/t18-,20-,21-/m0/s1. The highest BCUT2D eigenvalue weighted by atomic mass is 16.6. The van der Waals surface area contributed by atoms with Gasteiger partial charge in [0.05, 0.1) is 13.2 Å². The summed E-state index contributed by atoms with van der Waals surface area (Å²) in [6.45, 7) is 4.72. The van der Waals surface area contributed by atoms with Crippen LogP contribution >= 0.6 is 0 Å². The van der Waals surface area contributed by atoms with Crippen molar-refractivity contribution in [2.24, 2.45) is 5.92 Å². The highest BCUT2D eigenvalue weighted by Gasteiger charge is 2.33. The fraction of sp³-hybridized carbons (Fsp3) is 0.458. The smallest absolute Gasteiger partial charge is 0.251 e. The Kier molecular flexibility index (Phi) is 5.60. The van der Waals surface area contributed by atoms with E-state index in [0.29, 0.717) is 36.9 Å². The summed E-state index contributed by atoms with van der Waals surface area (Å²) in [5, 5.41) is 3.20. The molecule has 1 N–H and O–H groups in total. The molecule has 6 heteroatoms. The summed E-state index contributed by atoms with van der Waals surface area (Å²) >= 11 is 0. The lowest BCUT2D eigenvalue weighted by Gasteiger charge is -2.30. The molecular formula is C24H28N2O4. The van der Waals surface area contributed by atoms with Gasteiger partial charge in [-0.25, -0.2) is 0 Å². The number of benzene rings is 2. The van der Waals surface area contributed by atoms with Crippen molar-refractivity contribution < 1.29 is 19.0 Å². The lowest BCUT2D eigenvalue weighted by atomic mass is 9.96. The highest BCUT2D eigenvalue weighted by molar-refractivity contribution is 5.95. The lowest BCUT2D eigenvalue weighted by Crippen LogP contribution is -2.47. The maximum Gasteiger partial charge on any atom is 0.251 e. The Morgan fingerprint density at radius 1 is 1.13 bits per heavy atom. The van der Waals surface area contributed by atoms with Gasteiger partial charge in [-0.15, -0.1) is 0 Å². The van der Waals surface area contributed by atoms with Crippen molar-refractivity contribution in [2.75, 3.05) is 32.8 Å². The zero-order valence-corrected chi connectivity index (χ0v) is 17.1. The first-order valence-electron chi connectivity index (χ1n) is 10.8. The van der Waals surface area contributed by atoms with Crippen LogP contribution in [0.4, 0.5) is 0 Å². The Morgan fingerprint density at radius 2 is 2.03 bits per heavy atom. The van der Waals surface area contributed by atoms with Crippen LogP contribution in [0.5, 0.6) is 11.5 Å². The molecule has 158 valence electrons. The van der Waals surface area contributed by atoms with Crippen molar-refractivity contribution >= 4 is 5.91 Å². The summed E-state index contributed by atoms with van der Waals surface area (Å²) in [4.78, 5) is 15.2. The summed E-state index contributed by atoms with van der Waals surface area (Å²) in [6.07, 6.45) is 2.18. The molecule has 3 heterocycles. The number of nitrogens with zero attached hydrogens (tertiary/aromatic N) is 1. The molecule has 0 radical (unpaired) electrons. The van der Waals surface area contributed by atoms with Crippen LogP contribution in [0.1, 0.15) is 28.8 Å². The van der Waals surface area contributed by atoms with Crippen LogP contribution in [-0.2, 0) is 11.3 Å². The first-order valence-corrected chi connectivity index (χ1v) is 10.8. The summed E-state index contributed by atoms with van der Waals surface area (Å²) in [6, 6.07) is 15.7. The number of piperidine rings is 1. The predicted octanol–water partition coefficient (Wildman–Crippen LogP) is 2.87. The number of nitrogens with one attached hydrogen (secondary N) is 1. The molecule has 2 saturated heterocycles. The maximum absolute atomic E-state index is 12.7. The molecule has 0 spiro atoms. The summed E-state index contributed by atoms with van der Waals surface area (Å²) in [5.41, 5.74) is 1.75. The van der Waals surface area contributed by atoms with Crippen molar-refractivity contribution in [3.8, 4) is 11.5 Å². The van der Waals surface area contributed by atoms with E-state index < -0.39 is 0 Å². The van der Waals surface area contributed by atoms with Gasteiger partial charge in [-0.05, 0) is 49.1 Å². The minimum absolute atomic E-state index is 0.0396. The van der Waals surface area contributed by atoms with Crippen LogP contribution in [0.25, 0.3) is 0 Å². The number of carbonyl (C=O) groups excluding carboxylic acids is 1. The Labute approximate surface area is 177 Å². The molecule has 0 aromatic heterocycles. The first kappa shape index (κ1) is 19.4. The number of carbonyl (C=O) groups is 1. The van der Waals surface area contributed by atoms with Gasteiger partial charge in [0.15, 0.2) is 17.6 Å². The minimum atomic E-state index is -0.160. The van der Waals surface area contributed by atoms with Crippen LogP contribution in [0.15, 0.2) is 48.5 Å². The minimum Gasteiger partial charge on any atom is -0.486 e. The van der Waals surface area contributed by atoms with E-state index in [-0.39, 0.29) is 18.1 Å². The van der Waals surface area contributed by atoms with E-state index in [2.05, 4.69) is 10.2 Å². The van der Waals surface area contributed by atoms with Crippen molar-refractivity contribution in [3.05, 3.63) is 59.7 Å². The number of rotatable bonds is 6. The summed E-state index contributed by atoms with van der Waals surface area (Å²) < 4.78 is 17.6. The molecule has 5 rings (SSSR count). The second kappa shape index (κ2) is 8.66. The van der Waals surface area contributed by atoms with E-state index in [4.69, 9.17) is 14.2 Å². The predicted molar refractivity (Wildman–Crippen MR) is 113 cm³/mol. The van der Waals surface area contributed by atoms with Gasteiger partial charge in [0, 0.05) is 24.7 Å². The number of ether oxygens (including phenoxy) is 3. The molecule has 2 bridgehead atoms. The number of fused-ring (bicyclic) bond motifs is 3. The van der Waals surface area contributed by atoms with Gasteiger partial charge < -0.3 is 24.4 Å². The van der Waals surface area contributed by atoms with Gasteiger partial charge in [0.25, 0.3) is 5.91 Å². The van der Waals surface area contributed by atoms with Crippen LogP contribution in [0.2, 0.25) is 0 Å². The summed E-state index contributed by atoms with van der Waals surface area (Å²) in [5.74, 6) is 1.97. The Bertz CT molecular complexity index is 876. The molecule has 1 amide bonds. The average Bonchev–Trinajstić information content (AvgIpc) is 3.12. The fourth-order valence-electron chi connectivity index (χ4n) is 4.65. The van der Waals surface area contributed by atoms with E-state index >= 15 is 0 Å². The van der Waals surface area contributed by atoms with Gasteiger partial charge in [-0.2, -0.15) is 0 Å². The lowest BCUT2D eigenvalue weighted by molar-refractivity contribution is 0.00268. The molecular weight excluding hydrogens is 380 g/mol. The van der Waals surface area contributed by atoms with Crippen LogP contribution in [0.3, 0.4) is 0 Å². The molecule has 1 unspecified atom stereocenters. The number of amides is 1. The Hall–Kier alpha value is -2.57. The average molecular weight is 408 g/mol. The molecule has 3 aliphatic rings. The van der Waals surface area contributed by atoms with E-state index in [1.165, 1.54) is 13.0 Å². The molecule has 4 atom stereocenters. The molecule has 0 saturated carbocycles. The largest absolute Gasteiger partial charge is 0.486 e. The van der Waals surface area contributed by atoms with Gasteiger partial charge in [0.1, 0.15) is 6.61 Å². The third-order valence-corrected chi connectivity index (χ3v) is 6.14. The zero-order chi connectivity index (χ0) is 20.3. The van der Waals surface area contributed by atoms with E-state index in [1.54, 1.807) is 6.07 Å². The number of hydrogen-bond donors (Lipinski definition) is 1. The maximum atomic E-state index is 12.7. The third-order valence-electron chi connectivity index (χ3n) is 6.14. The van der Waals surface area contributed by atoms with Gasteiger partial charge in [-0.1, -0.05) is 30.3 Å². The Balaban J connectivity index is 1.14. The molecule has 30 heavy (non-hydrogen) atoms. The molecule has 2 aromatic rings. The second-order valence-electron chi connectivity index (χ2n) is 8.53. The highest BCUT2D eigenvalue weighted by Crippen LogP contribution is 2.33. The molecule has 3 aliphatic heterocycles. The van der Waals surface area contributed by atoms with Gasteiger partial charge in [-0.3, -0.25) is 4.79 Å². The van der Waals surface area contributed by atoms with Crippen molar-refractivity contribution in [2.45, 2.75) is 31.6 Å². The number of hydrogen-bond acceptors (Lipinski definition) is 5. The zero-order valence-electron chi connectivity index (χ0n) is 17.1. The second-order valence-corrected chi connectivity index (χ2v) is 8.53. The topological polar surface area (TPSA) is 60.0 Å². The molecule has 2 aromatic carbocycles. The monoisotopic (exact) mass is 408 g/mol. The molecule has 6 nitrogen and oxygen atoms in total. The quantitative estimate of drug-likeness (QED) is 0.797. The Morgan fingerprint density at radius 3 is 2.90 bits per heavy atom. The van der Waals surface area contributed by atoms with Gasteiger partial charge >= 0.3 is 0 Å². The van der Waals surface area contributed by atoms with Crippen LogP contribution < -0.4 is 14.8 Å². The van der Waals surface area contributed by atoms with E-state index in [1.807, 2.05) is 42.5 Å². The van der Waals surface area contributed by atoms with E-state index in [9.17, 15) is 4.79 Å². The van der Waals surface area contributed by atoms with Crippen LogP contribution in [0, 0.1) is 5.92 Å². The molecule has 2 fully saturated rings.